The summed E-state index contributed by atoms with van der Waals surface area (Å²) < 4.78 is 28.4. The van der Waals surface area contributed by atoms with Crippen LogP contribution in [-0.2, 0) is 0 Å². The largest absolute Gasteiger partial charge is 0.308 e. The van der Waals surface area contributed by atoms with E-state index in [0.717, 1.165) is 6.07 Å². The number of halogens is 2. The lowest BCUT2D eigenvalue weighted by molar-refractivity contribution is 0.584. The molecule has 0 unspecified atom stereocenters. The van der Waals surface area contributed by atoms with Crippen LogP contribution >= 0.6 is 0 Å². The summed E-state index contributed by atoms with van der Waals surface area (Å²) in [7, 11) is 0. The molecule has 3 aromatic rings. The van der Waals surface area contributed by atoms with Gasteiger partial charge in [-0.05, 0) is 42.0 Å². The van der Waals surface area contributed by atoms with Gasteiger partial charge >= 0.3 is 0 Å². The van der Waals surface area contributed by atoms with Crippen molar-refractivity contribution in [2.75, 3.05) is 0 Å². The highest BCUT2D eigenvalue weighted by Gasteiger charge is 2.09. The van der Waals surface area contributed by atoms with E-state index in [1.165, 1.54) is 12.1 Å². The molecule has 0 atom stereocenters. The van der Waals surface area contributed by atoms with Gasteiger partial charge in [0.25, 0.3) is 0 Å². The number of nitrogens with zero attached hydrogens (tertiary/aromatic N) is 2. The summed E-state index contributed by atoms with van der Waals surface area (Å²) in [6.45, 7) is 0. The van der Waals surface area contributed by atoms with Crippen molar-refractivity contribution in [1.29, 1.82) is 0 Å². The summed E-state index contributed by atoms with van der Waals surface area (Å²) in [4.78, 5) is 4.27. The van der Waals surface area contributed by atoms with Crippen LogP contribution in [0.3, 0.4) is 0 Å². The van der Waals surface area contributed by atoms with E-state index in [0.29, 0.717) is 16.9 Å². The van der Waals surface area contributed by atoms with E-state index in [4.69, 9.17) is 0 Å². The zero-order valence-corrected chi connectivity index (χ0v) is 9.92. The molecule has 2 nitrogen and oxygen atoms in total. The highest BCUT2D eigenvalue weighted by atomic mass is 19.1. The summed E-state index contributed by atoms with van der Waals surface area (Å²) in [5.74, 6) is -0.563. The van der Waals surface area contributed by atoms with Crippen molar-refractivity contribution in [3.8, 4) is 16.9 Å². The van der Waals surface area contributed by atoms with Gasteiger partial charge < -0.3 is 4.57 Å². The average Bonchev–Trinajstić information content (AvgIpc) is 2.91. The molecule has 0 saturated heterocycles. The molecular formula is C15H10F2N2. The predicted molar refractivity (Wildman–Crippen MR) is 68.9 cm³/mol. The molecule has 0 spiro atoms. The molecule has 0 saturated carbocycles. The van der Waals surface area contributed by atoms with Gasteiger partial charge in [-0.1, -0.05) is 0 Å². The SMILES string of the molecule is Fc1cc(F)cc(-c2cccnc2-n2cccc2)c1. The lowest BCUT2D eigenvalue weighted by Crippen LogP contribution is -1.97. The van der Waals surface area contributed by atoms with E-state index in [-0.39, 0.29) is 0 Å². The number of hydrogen-bond acceptors (Lipinski definition) is 1. The molecule has 2 aromatic heterocycles. The van der Waals surface area contributed by atoms with E-state index in [9.17, 15) is 8.78 Å². The maximum Gasteiger partial charge on any atom is 0.144 e. The van der Waals surface area contributed by atoms with E-state index in [2.05, 4.69) is 4.98 Å². The summed E-state index contributed by atoms with van der Waals surface area (Å²) in [5.41, 5.74) is 1.14. The maximum absolute atomic E-state index is 13.3. The van der Waals surface area contributed by atoms with Crippen molar-refractivity contribution in [2.45, 2.75) is 0 Å². The molecule has 0 amide bonds. The first-order chi connectivity index (χ1) is 9.24. The van der Waals surface area contributed by atoms with Crippen molar-refractivity contribution in [3.63, 3.8) is 0 Å². The highest BCUT2D eigenvalue weighted by molar-refractivity contribution is 5.70. The second-order valence-corrected chi connectivity index (χ2v) is 4.12. The quantitative estimate of drug-likeness (QED) is 0.681. The van der Waals surface area contributed by atoms with Gasteiger partial charge in [0.05, 0.1) is 0 Å². The average molecular weight is 256 g/mol. The Labute approximate surface area is 109 Å². The van der Waals surface area contributed by atoms with Gasteiger partial charge in [0, 0.05) is 30.2 Å². The Morgan fingerprint density at radius 3 is 2.26 bits per heavy atom. The van der Waals surface area contributed by atoms with Crippen LogP contribution in [0.1, 0.15) is 0 Å². The van der Waals surface area contributed by atoms with Crippen molar-refractivity contribution >= 4 is 0 Å². The van der Waals surface area contributed by atoms with Crippen molar-refractivity contribution in [2.24, 2.45) is 0 Å². The molecule has 0 aliphatic carbocycles. The van der Waals surface area contributed by atoms with Crippen LogP contribution in [0.4, 0.5) is 8.78 Å². The van der Waals surface area contributed by atoms with Crippen molar-refractivity contribution in [1.82, 2.24) is 9.55 Å². The van der Waals surface area contributed by atoms with Crippen LogP contribution in [0.15, 0.2) is 61.1 Å². The van der Waals surface area contributed by atoms with Crippen LogP contribution in [-0.4, -0.2) is 9.55 Å². The zero-order chi connectivity index (χ0) is 13.2. The third kappa shape index (κ3) is 2.25. The fraction of sp³-hybridized carbons (Fsp3) is 0. The summed E-state index contributed by atoms with van der Waals surface area (Å²) in [6, 6.07) is 10.7. The van der Waals surface area contributed by atoms with Gasteiger partial charge in [0.2, 0.25) is 0 Å². The summed E-state index contributed by atoms with van der Waals surface area (Å²) >= 11 is 0. The first kappa shape index (κ1) is 11.6. The van der Waals surface area contributed by atoms with Gasteiger partial charge in [-0.25, -0.2) is 13.8 Å². The smallest absolute Gasteiger partial charge is 0.144 e. The Bertz CT molecular complexity index is 686. The number of aromatic nitrogens is 2. The van der Waals surface area contributed by atoms with Crippen molar-refractivity contribution in [3.05, 3.63) is 72.7 Å². The monoisotopic (exact) mass is 256 g/mol. The molecule has 0 fully saturated rings. The lowest BCUT2D eigenvalue weighted by atomic mass is 10.1. The van der Waals surface area contributed by atoms with E-state index in [1.807, 2.05) is 24.5 Å². The Morgan fingerprint density at radius 1 is 0.895 bits per heavy atom. The number of hydrogen-bond donors (Lipinski definition) is 0. The molecular weight excluding hydrogens is 246 g/mol. The normalized spacial score (nSPS) is 10.6. The molecule has 19 heavy (non-hydrogen) atoms. The van der Waals surface area contributed by atoms with Gasteiger partial charge in [-0.3, -0.25) is 0 Å². The molecule has 0 N–H and O–H groups in total. The molecule has 0 aliphatic rings. The second kappa shape index (κ2) is 4.65. The molecule has 94 valence electrons. The molecule has 3 rings (SSSR count). The molecule has 1 aromatic carbocycles. The first-order valence-electron chi connectivity index (χ1n) is 5.79. The number of pyridine rings is 1. The molecule has 0 radical (unpaired) electrons. The maximum atomic E-state index is 13.3. The minimum atomic E-state index is -0.600. The molecule has 0 aliphatic heterocycles. The Morgan fingerprint density at radius 2 is 1.58 bits per heavy atom. The van der Waals surface area contributed by atoms with Gasteiger partial charge in [0.15, 0.2) is 0 Å². The van der Waals surface area contributed by atoms with Crippen LogP contribution < -0.4 is 0 Å². The minimum Gasteiger partial charge on any atom is -0.308 e. The first-order valence-corrected chi connectivity index (χ1v) is 5.79. The van der Waals surface area contributed by atoms with Gasteiger partial charge in [0.1, 0.15) is 17.5 Å². The summed E-state index contributed by atoms with van der Waals surface area (Å²) in [6.07, 6.45) is 5.32. The topological polar surface area (TPSA) is 17.8 Å². The van der Waals surface area contributed by atoms with Crippen LogP contribution in [0.25, 0.3) is 16.9 Å². The Balaban J connectivity index is 2.20. The molecule has 4 heteroatoms. The fourth-order valence-corrected chi connectivity index (χ4v) is 2.01. The predicted octanol–water partition coefficient (Wildman–Crippen LogP) is 3.82. The van der Waals surface area contributed by atoms with Gasteiger partial charge in [-0.2, -0.15) is 0 Å². The zero-order valence-electron chi connectivity index (χ0n) is 9.92. The minimum absolute atomic E-state index is 0.467. The van der Waals surface area contributed by atoms with Crippen molar-refractivity contribution < 1.29 is 8.78 Å². The van der Waals surface area contributed by atoms with E-state index >= 15 is 0 Å². The Kier molecular flexibility index (Phi) is 2.83. The van der Waals surface area contributed by atoms with Crippen LogP contribution in [0.5, 0.6) is 0 Å². The lowest BCUT2D eigenvalue weighted by Gasteiger charge is -2.09. The third-order valence-corrected chi connectivity index (χ3v) is 2.81. The van der Waals surface area contributed by atoms with E-state index < -0.39 is 11.6 Å². The molecule has 2 heterocycles. The third-order valence-electron chi connectivity index (χ3n) is 2.81. The summed E-state index contributed by atoms with van der Waals surface area (Å²) in [5, 5.41) is 0. The molecule has 0 bridgehead atoms. The number of rotatable bonds is 2. The van der Waals surface area contributed by atoms with Crippen LogP contribution in [0, 0.1) is 11.6 Å². The van der Waals surface area contributed by atoms with E-state index in [1.54, 1.807) is 22.9 Å². The highest BCUT2D eigenvalue weighted by Crippen LogP contribution is 2.26. The van der Waals surface area contributed by atoms with Crippen LogP contribution in [0.2, 0.25) is 0 Å². The standard InChI is InChI=1S/C15H10F2N2/c16-12-8-11(9-13(17)10-12)14-4-3-5-18-15(14)19-6-1-2-7-19/h1-10H. The Hall–Kier alpha value is -2.49. The number of benzene rings is 1. The second-order valence-electron chi connectivity index (χ2n) is 4.12. The fourth-order valence-electron chi connectivity index (χ4n) is 2.01. The van der Waals surface area contributed by atoms with Gasteiger partial charge in [-0.15, -0.1) is 0 Å².